The summed E-state index contributed by atoms with van der Waals surface area (Å²) in [5.41, 5.74) is 9.27. The van der Waals surface area contributed by atoms with Crippen LogP contribution in [0, 0.1) is 6.92 Å². The smallest absolute Gasteiger partial charge is 0.229 e. The maximum Gasteiger partial charge on any atom is 0.229 e. The molecule has 24 heavy (non-hydrogen) atoms. The fourth-order valence-corrected chi connectivity index (χ4v) is 3.14. The number of hydrogen-bond donors (Lipinski definition) is 1. The van der Waals surface area contributed by atoms with Crippen molar-refractivity contribution in [3.63, 3.8) is 0 Å². The Labute approximate surface area is 139 Å². The first-order valence-corrected chi connectivity index (χ1v) is 7.99. The zero-order valence-corrected chi connectivity index (χ0v) is 13.8. The van der Waals surface area contributed by atoms with Gasteiger partial charge in [-0.2, -0.15) is 15.1 Å². The van der Waals surface area contributed by atoms with Crippen LogP contribution in [0.5, 0.6) is 0 Å². The average Bonchev–Trinajstić information content (AvgIpc) is 2.97. The Kier molecular flexibility index (Phi) is 3.44. The van der Waals surface area contributed by atoms with E-state index < -0.39 is 0 Å². The van der Waals surface area contributed by atoms with Gasteiger partial charge < -0.3 is 15.5 Å². The number of nitrogens with zero attached hydrogens (tertiary/aromatic N) is 7. The number of pyridine rings is 1. The number of nitrogens with two attached hydrogens (primary N) is 1. The number of nitrogen functional groups attached to an aromatic ring is 1. The van der Waals surface area contributed by atoms with Gasteiger partial charge in [-0.1, -0.05) is 0 Å². The highest BCUT2D eigenvalue weighted by Gasteiger charge is 2.21. The average molecular weight is 324 g/mol. The third-order valence-corrected chi connectivity index (χ3v) is 4.50. The monoisotopic (exact) mass is 324 g/mol. The van der Waals surface area contributed by atoms with Crippen molar-refractivity contribution in [2.45, 2.75) is 6.92 Å². The largest absolute Gasteiger partial charge is 0.383 e. The first kappa shape index (κ1) is 14.7. The molecule has 1 aliphatic heterocycles. The molecular formula is C16H20N8. The lowest BCUT2D eigenvalue weighted by atomic mass is 10.2. The molecule has 8 nitrogen and oxygen atoms in total. The number of piperazine rings is 1. The molecule has 0 amide bonds. The third-order valence-electron chi connectivity index (χ3n) is 4.50. The first-order chi connectivity index (χ1) is 11.6. The van der Waals surface area contributed by atoms with Crippen molar-refractivity contribution in [2.75, 3.05) is 41.7 Å². The number of rotatable bonds is 2. The molecule has 0 radical (unpaired) electrons. The molecule has 4 rings (SSSR count). The maximum atomic E-state index is 6.07. The van der Waals surface area contributed by atoms with Gasteiger partial charge in [0.2, 0.25) is 5.95 Å². The summed E-state index contributed by atoms with van der Waals surface area (Å²) >= 11 is 0. The second-order valence-electron chi connectivity index (χ2n) is 6.05. The van der Waals surface area contributed by atoms with Crippen LogP contribution in [-0.2, 0) is 7.05 Å². The number of anilines is 3. The fourth-order valence-electron chi connectivity index (χ4n) is 3.14. The van der Waals surface area contributed by atoms with E-state index in [1.807, 2.05) is 19.4 Å². The Balaban J connectivity index is 1.56. The Hall–Kier alpha value is -2.90. The molecule has 3 aromatic rings. The second kappa shape index (κ2) is 5.63. The molecule has 8 heteroatoms. The van der Waals surface area contributed by atoms with E-state index in [1.165, 1.54) is 11.3 Å². The highest BCUT2D eigenvalue weighted by Crippen LogP contribution is 2.24. The van der Waals surface area contributed by atoms with Crippen molar-refractivity contribution < 1.29 is 0 Å². The maximum absolute atomic E-state index is 6.07. The molecular weight excluding hydrogens is 304 g/mol. The molecule has 0 aliphatic carbocycles. The van der Waals surface area contributed by atoms with Crippen LogP contribution >= 0.6 is 0 Å². The predicted octanol–water partition coefficient (Wildman–Crippen LogP) is 0.976. The molecule has 2 N–H and O–H groups in total. The van der Waals surface area contributed by atoms with E-state index in [-0.39, 0.29) is 0 Å². The molecule has 1 saturated heterocycles. The number of hydrogen-bond acceptors (Lipinski definition) is 7. The van der Waals surface area contributed by atoms with E-state index >= 15 is 0 Å². The van der Waals surface area contributed by atoms with E-state index in [0.717, 1.165) is 37.2 Å². The molecule has 124 valence electrons. The summed E-state index contributed by atoms with van der Waals surface area (Å²) in [4.78, 5) is 17.8. The van der Waals surface area contributed by atoms with Crippen LogP contribution in [0.3, 0.4) is 0 Å². The van der Waals surface area contributed by atoms with Crippen LogP contribution in [0.1, 0.15) is 5.56 Å². The summed E-state index contributed by atoms with van der Waals surface area (Å²) in [6.45, 7) is 5.62. The summed E-state index contributed by atoms with van der Waals surface area (Å²) in [7, 11) is 1.86. The van der Waals surface area contributed by atoms with Crippen LogP contribution < -0.4 is 15.5 Å². The lowest BCUT2D eigenvalue weighted by Gasteiger charge is -2.36. The lowest BCUT2D eigenvalue weighted by Crippen LogP contribution is -2.47. The van der Waals surface area contributed by atoms with Crippen LogP contribution in [-0.4, -0.2) is 50.9 Å². The summed E-state index contributed by atoms with van der Waals surface area (Å²) in [6.07, 6.45) is 5.45. The molecule has 0 unspecified atom stereocenters. The molecule has 1 aliphatic rings. The van der Waals surface area contributed by atoms with Gasteiger partial charge in [-0.25, -0.2) is 0 Å². The Morgan fingerprint density at radius 1 is 1.04 bits per heavy atom. The predicted molar refractivity (Wildman–Crippen MR) is 94.1 cm³/mol. The van der Waals surface area contributed by atoms with Gasteiger partial charge in [-0.15, -0.1) is 0 Å². The molecule has 0 spiro atoms. The Morgan fingerprint density at radius 3 is 2.54 bits per heavy atom. The Bertz CT molecular complexity index is 879. The van der Waals surface area contributed by atoms with E-state index in [9.17, 15) is 0 Å². The molecule has 0 bridgehead atoms. The zero-order valence-electron chi connectivity index (χ0n) is 13.8. The second-order valence-corrected chi connectivity index (χ2v) is 6.05. The van der Waals surface area contributed by atoms with Crippen molar-refractivity contribution >= 4 is 28.5 Å². The van der Waals surface area contributed by atoms with Gasteiger partial charge in [0.05, 0.1) is 11.6 Å². The summed E-state index contributed by atoms with van der Waals surface area (Å²) in [6, 6.07) is 2.07. The minimum Gasteiger partial charge on any atom is -0.383 e. The van der Waals surface area contributed by atoms with Gasteiger partial charge in [0.25, 0.3) is 0 Å². The molecule has 4 heterocycles. The fraction of sp³-hybridized carbons (Fsp3) is 0.375. The normalized spacial score (nSPS) is 15.2. The molecule has 0 atom stereocenters. The zero-order chi connectivity index (χ0) is 16.7. The van der Waals surface area contributed by atoms with Crippen LogP contribution in [0.4, 0.5) is 17.5 Å². The van der Waals surface area contributed by atoms with Crippen LogP contribution in [0.25, 0.3) is 11.0 Å². The van der Waals surface area contributed by atoms with E-state index in [2.05, 4.69) is 42.8 Å². The van der Waals surface area contributed by atoms with Crippen LogP contribution in [0.2, 0.25) is 0 Å². The van der Waals surface area contributed by atoms with E-state index in [4.69, 9.17) is 5.73 Å². The van der Waals surface area contributed by atoms with Crippen molar-refractivity contribution in [1.82, 2.24) is 24.7 Å². The van der Waals surface area contributed by atoms with Gasteiger partial charge in [0.1, 0.15) is 5.82 Å². The number of aryl methyl sites for hydroxylation is 2. The van der Waals surface area contributed by atoms with Crippen molar-refractivity contribution in [2.24, 2.45) is 7.05 Å². The first-order valence-electron chi connectivity index (χ1n) is 7.99. The highest BCUT2D eigenvalue weighted by molar-refractivity contribution is 5.86. The van der Waals surface area contributed by atoms with Gasteiger partial charge in [0.15, 0.2) is 5.65 Å². The van der Waals surface area contributed by atoms with Crippen molar-refractivity contribution in [3.05, 3.63) is 30.2 Å². The number of aromatic nitrogens is 5. The minimum absolute atomic E-state index is 0.482. The topological polar surface area (TPSA) is 89.0 Å². The number of fused-ring (bicyclic) bond motifs is 1. The summed E-state index contributed by atoms with van der Waals surface area (Å²) in [5.74, 6) is 1.16. The molecule has 1 fully saturated rings. The minimum atomic E-state index is 0.482. The van der Waals surface area contributed by atoms with Crippen LogP contribution in [0.15, 0.2) is 24.7 Å². The van der Waals surface area contributed by atoms with Crippen molar-refractivity contribution in [1.29, 1.82) is 0 Å². The van der Waals surface area contributed by atoms with Gasteiger partial charge in [0, 0.05) is 51.3 Å². The van der Waals surface area contributed by atoms with Gasteiger partial charge in [-0.05, 0) is 18.6 Å². The third kappa shape index (κ3) is 2.40. The molecule has 0 saturated carbocycles. The standard InChI is InChI=1S/C16H20N8/c1-11-9-18-4-3-13(11)23-5-7-24(8-6-23)16-20-14(17)12-10-19-22(2)15(12)21-16/h3-4,9-10H,5-8H2,1-2H3,(H2,17,20,21). The summed E-state index contributed by atoms with van der Waals surface area (Å²) < 4.78 is 1.73. The highest BCUT2D eigenvalue weighted by atomic mass is 15.4. The molecule has 0 aromatic carbocycles. The summed E-state index contributed by atoms with van der Waals surface area (Å²) in [5, 5.41) is 5.00. The van der Waals surface area contributed by atoms with E-state index in [1.54, 1.807) is 10.9 Å². The lowest BCUT2D eigenvalue weighted by molar-refractivity contribution is 0.639. The SMILES string of the molecule is Cc1cnccc1N1CCN(c2nc(N)c3cnn(C)c3n2)CC1. The van der Waals surface area contributed by atoms with Crippen molar-refractivity contribution in [3.8, 4) is 0 Å². The van der Waals surface area contributed by atoms with E-state index in [0.29, 0.717) is 11.8 Å². The Morgan fingerprint density at radius 2 is 1.79 bits per heavy atom. The quantitative estimate of drug-likeness (QED) is 0.751. The molecule has 3 aromatic heterocycles. The van der Waals surface area contributed by atoms with Gasteiger partial charge >= 0.3 is 0 Å². The van der Waals surface area contributed by atoms with Gasteiger partial charge in [-0.3, -0.25) is 9.67 Å².